The molecule has 1 aliphatic carbocycles. The number of nitrogens with zero attached hydrogens (tertiary/aromatic N) is 3. The lowest BCUT2D eigenvalue weighted by Gasteiger charge is -2.24. The van der Waals surface area contributed by atoms with Gasteiger partial charge in [0, 0.05) is 29.0 Å². The minimum Gasteiger partial charge on any atom is -0.394 e. The third-order valence-corrected chi connectivity index (χ3v) is 6.70. The fourth-order valence-electron chi connectivity index (χ4n) is 3.84. The van der Waals surface area contributed by atoms with Crippen LogP contribution in [0.3, 0.4) is 0 Å². The molecule has 2 aromatic carbocycles. The van der Waals surface area contributed by atoms with Gasteiger partial charge < -0.3 is 15.5 Å². The van der Waals surface area contributed by atoms with E-state index in [2.05, 4.69) is 10.7 Å². The second-order valence-electron chi connectivity index (χ2n) is 8.13. The number of aliphatic hydroxyl groups is 2. The molecule has 2 aromatic heterocycles. The van der Waals surface area contributed by atoms with Gasteiger partial charge in [-0.25, -0.2) is 9.97 Å². The zero-order valence-corrected chi connectivity index (χ0v) is 18.4. The van der Waals surface area contributed by atoms with Crippen molar-refractivity contribution < 1.29 is 15.1 Å². The van der Waals surface area contributed by atoms with Crippen molar-refractivity contribution in [1.29, 1.82) is 0 Å². The quantitative estimate of drug-likeness (QED) is 0.257. The first-order valence-corrected chi connectivity index (χ1v) is 11.6. The summed E-state index contributed by atoms with van der Waals surface area (Å²) in [7, 11) is 0. The van der Waals surface area contributed by atoms with E-state index in [0.29, 0.717) is 17.3 Å². The zero-order chi connectivity index (χ0) is 22.9. The van der Waals surface area contributed by atoms with E-state index in [0.717, 1.165) is 40.0 Å². The van der Waals surface area contributed by atoms with Crippen molar-refractivity contribution >= 4 is 33.1 Å². The molecule has 0 saturated heterocycles. The Morgan fingerprint density at radius 1 is 1.12 bits per heavy atom. The van der Waals surface area contributed by atoms with Crippen LogP contribution in [0.4, 0.5) is 11.5 Å². The fraction of sp³-hybridized carbons (Fsp3) is 0.250. The van der Waals surface area contributed by atoms with Gasteiger partial charge in [-0.3, -0.25) is 10.1 Å². The predicted octanol–water partition coefficient (Wildman–Crippen LogP) is 4.65. The van der Waals surface area contributed by atoms with Gasteiger partial charge in [0.15, 0.2) is 0 Å². The predicted molar refractivity (Wildman–Crippen MR) is 127 cm³/mol. The topological polar surface area (TPSA) is 121 Å². The van der Waals surface area contributed by atoms with E-state index in [9.17, 15) is 20.3 Å². The molecule has 9 heteroatoms. The molecule has 0 unspecified atom stereocenters. The first kappa shape index (κ1) is 21.4. The Hall–Kier alpha value is -3.40. The molecule has 2 heterocycles. The average Bonchev–Trinajstić information content (AvgIpc) is 3.61. The molecule has 1 aliphatic rings. The molecule has 4 aromatic rings. The van der Waals surface area contributed by atoms with Crippen molar-refractivity contribution in [2.45, 2.75) is 30.9 Å². The number of aliphatic hydroxyl groups excluding tert-OH is 2. The SMILES string of the molecule is O=[N+]([O-])c1ccc([C@H](O)[C@H](CO)Nc2nc(C3CC3)nc3scc(-c4ccccc4)c23)cc1. The second-order valence-corrected chi connectivity index (χ2v) is 8.99. The number of nitro benzene ring substituents is 1. The van der Waals surface area contributed by atoms with E-state index in [1.54, 1.807) is 11.3 Å². The summed E-state index contributed by atoms with van der Waals surface area (Å²) >= 11 is 1.55. The molecule has 5 rings (SSSR count). The summed E-state index contributed by atoms with van der Waals surface area (Å²) in [5, 5.41) is 38.1. The third-order valence-electron chi connectivity index (χ3n) is 5.82. The van der Waals surface area contributed by atoms with Crippen LogP contribution in [-0.2, 0) is 0 Å². The minimum absolute atomic E-state index is 0.0585. The molecular formula is C24H22N4O4S. The summed E-state index contributed by atoms with van der Waals surface area (Å²) in [6, 6.07) is 14.9. The zero-order valence-electron chi connectivity index (χ0n) is 17.6. The number of nitro groups is 1. The molecule has 0 bridgehead atoms. The van der Waals surface area contributed by atoms with Gasteiger partial charge in [0.2, 0.25) is 0 Å². The number of aromatic nitrogens is 2. The number of fused-ring (bicyclic) bond motifs is 1. The first-order chi connectivity index (χ1) is 16.0. The van der Waals surface area contributed by atoms with Gasteiger partial charge >= 0.3 is 0 Å². The van der Waals surface area contributed by atoms with Gasteiger partial charge in [-0.15, -0.1) is 11.3 Å². The van der Waals surface area contributed by atoms with E-state index in [1.807, 2.05) is 30.3 Å². The third kappa shape index (κ3) is 4.30. The van der Waals surface area contributed by atoms with Crippen LogP contribution in [-0.4, -0.2) is 37.8 Å². The normalized spacial score (nSPS) is 15.3. The van der Waals surface area contributed by atoms with E-state index in [1.165, 1.54) is 24.3 Å². The highest BCUT2D eigenvalue weighted by molar-refractivity contribution is 7.17. The van der Waals surface area contributed by atoms with Crippen molar-refractivity contribution in [3.63, 3.8) is 0 Å². The maximum atomic E-state index is 10.9. The van der Waals surface area contributed by atoms with E-state index < -0.39 is 17.1 Å². The van der Waals surface area contributed by atoms with Crippen molar-refractivity contribution in [1.82, 2.24) is 9.97 Å². The Balaban J connectivity index is 1.53. The van der Waals surface area contributed by atoms with E-state index in [4.69, 9.17) is 9.97 Å². The van der Waals surface area contributed by atoms with Crippen LogP contribution in [0, 0.1) is 10.1 Å². The number of benzene rings is 2. The van der Waals surface area contributed by atoms with Gasteiger partial charge in [-0.2, -0.15) is 0 Å². The Morgan fingerprint density at radius 2 is 1.85 bits per heavy atom. The molecule has 1 saturated carbocycles. The summed E-state index contributed by atoms with van der Waals surface area (Å²) < 4.78 is 0. The summed E-state index contributed by atoms with van der Waals surface area (Å²) in [6.07, 6.45) is 1.01. The van der Waals surface area contributed by atoms with Crippen molar-refractivity contribution in [3.8, 4) is 11.1 Å². The van der Waals surface area contributed by atoms with Gasteiger partial charge in [0.05, 0.1) is 23.0 Å². The molecule has 0 amide bonds. The summed E-state index contributed by atoms with van der Waals surface area (Å²) in [5.74, 6) is 1.68. The number of non-ortho nitro benzene ring substituents is 1. The lowest BCUT2D eigenvalue weighted by atomic mass is 10.0. The van der Waals surface area contributed by atoms with E-state index >= 15 is 0 Å². The maximum Gasteiger partial charge on any atom is 0.269 e. The molecule has 0 aliphatic heterocycles. The van der Waals surface area contributed by atoms with Crippen molar-refractivity contribution in [2.75, 3.05) is 11.9 Å². The highest BCUT2D eigenvalue weighted by Gasteiger charge is 2.30. The molecule has 2 atom stereocenters. The summed E-state index contributed by atoms with van der Waals surface area (Å²) in [6.45, 7) is -0.354. The Labute approximate surface area is 193 Å². The van der Waals surface area contributed by atoms with Crippen LogP contribution < -0.4 is 5.32 Å². The monoisotopic (exact) mass is 462 g/mol. The second kappa shape index (κ2) is 8.86. The number of rotatable bonds is 8. The molecule has 168 valence electrons. The largest absolute Gasteiger partial charge is 0.394 e. The molecule has 3 N–H and O–H groups in total. The van der Waals surface area contributed by atoms with E-state index in [-0.39, 0.29) is 12.3 Å². The van der Waals surface area contributed by atoms with Crippen molar-refractivity contribution in [3.05, 3.63) is 81.5 Å². The van der Waals surface area contributed by atoms with Gasteiger partial charge in [0.1, 0.15) is 22.6 Å². The Morgan fingerprint density at radius 3 is 2.48 bits per heavy atom. The molecule has 0 radical (unpaired) electrons. The van der Waals surface area contributed by atoms with Crippen LogP contribution in [0.2, 0.25) is 0 Å². The minimum atomic E-state index is -1.09. The lowest BCUT2D eigenvalue weighted by molar-refractivity contribution is -0.384. The molecular weight excluding hydrogens is 440 g/mol. The molecule has 33 heavy (non-hydrogen) atoms. The Kier molecular flexibility index (Phi) is 5.76. The lowest BCUT2D eigenvalue weighted by Crippen LogP contribution is -2.31. The molecule has 8 nitrogen and oxygen atoms in total. The maximum absolute atomic E-state index is 10.9. The number of hydrogen-bond donors (Lipinski definition) is 3. The van der Waals surface area contributed by atoms with Crippen LogP contribution in [0.5, 0.6) is 0 Å². The molecule has 1 fully saturated rings. The van der Waals surface area contributed by atoms with Crippen LogP contribution in [0.25, 0.3) is 21.3 Å². The number of nitrogens with one attached hydrogen (secondary N) is 1. The van der Waals surface area contributed by atoms with Crippen LogP contribution in [0.15, 0.2) is 60.0 Å². The summed E-state index contributed by atoms with van der Waals surface area (Å²) in [5.41, 5.74) is 2.43. The fourth-order valence-corrected chi connectivity index (χ4v) is 4.80. The number of anilines is 1. The Bertz CT molecular complexity index is 1290. The number of hydrogen-bond acceptors (Lipinski definition) is 8. The highest BCUT2D eigenvalue weighted by atomic mass is 32.1. The summed E-state index contributed by atoms with van der Waals surface area (Å²) in [4.78, 5) is 20.9. The first-order valence-electron chi connectivity index (χ1n) is 10.7. The van der Waals surface area contributed by atoms with Crippen LogP contribution >= 0.6 is 11.3 Å². The van der Waals surface area contributed by atoms with Crippen LogP contribution in [0.1, 0.15) is 36.3 Å². The molecule has 0 spiro atoms. The smallest absolute Gasteiger partial charge is 0.269 e. The van der Waals surface area contributed by atoms with Gasteiger partial charge in [-0.05, 0) is 36.1 Å². The van der Waals surface area contributed by atoms with Crippen molar-refractivity contribution in [2.24, 2.45) is 0 Å². The average molecular weight is 463 g/mol. The van der Waals surface area contributed by atoms with Gasteiger partial charge in [-0.1, -0.05) is 30.3 Å². The highest BCUT2D eigenvalue weighted by Crippen LogP contribution is 2.43. The van der Waals surface area contributed by atoms with Gasteiger partial charge in [0.25, 0.3) is 5.69 Å². The number of thiophene rings is 1. The standard InChI is InChI=1S/C24H22N4O4S/c29-12-19(21(30)15-8-10-17(11-9-15)28(31)32)25-23-20-18(14-4-2-1-3-5-14)13-33-24(20)27-22(26-23)16-6-7-16/h1-5,8-11,13,16,19,21,29-30H,6-7,12H2,(H,25,26,27)/t19-,21-/m0/s1.